The molecule has 0 aliphatic rings. The van der Waals surface area contributed by atoms with E-state index in [9.17, 15) is 9.59 Å². The van der Waals surface area contributed by atoms with E-state index in [1.807, 2.05) is 6.92 Å². The molecule has 4 heteroatoms. The summed E-state index contributed by atoms with van der Waals surface area (Å²) in [4.78, 5) is 22.4. The summed E-state index contributed by atoms with van der Waals surface area (Å²) in [5.74, 6) is 5.45. The van der Waals surface area contributed by atoms with Crippen LogP contribution in [0, 0.1) is 11.8 Å². The molecule has 0 unspecified atom stereocenters. The predicted octanol–water partition coefficient (Wildman–Crippen LogP) is 2.42. The second kappa shape index (κ2) is 12.9. The topological polar surface area (TPSA) is 55.4 Å². The first-order valence-corrected chi connectivity index (χ1v) is 7.02. The highest BCUT2D eigenvalue weighted by atomic mass is 16.5. The predicted molar refractivity (Wildman–Crippen MR) is 75.4 cm³/mol. The molecule has 0 bridgehead atoms. The third kappa shape index (κ3) is 12.7. The lowest BCUT2D eigenvalue weighted by atomic mass is 10.1. The van der Waals surface area contributed by atoms with Crippen LogP contribution < -0.4 is 5.32 Å². The van der Waals surface area contributed by atoms with E-state index in [0.29, 0.717) is 13.0 Å². The average Bonchev–Trinajstić information content (AvgIpc) is 2.40. The standard InChI is InChI=1S/C15H25NO3/c1-3-5-6-7-8-9-10-11-12-14(17)16-13-15(18)19-4-2/h4,6-13H2,1-2H3,(H,16,17). The van der Waals surface area contributed by atoms with Crippen LogP contribution in [0.3, 0.4) is 0 Å². The third-order valence-electron chi connectivity index (χ3n) is 2.62. The average molecular weight is 267 g/mol. The van der Waals surface area contributed by atoms with Gasteiger partial charge in [-0.1, -0.05) is 19.3 Å². The summed E-state index contributed by atoms with van der Waals surface area (Å²) in [7, 11) is 0. The molecule has 0 heterocycles. The summed E-state index contributed by atoms with van der Waals surface area (Å²) < 4.78 is 4.72. The van der Waals surface area contributed by atoms with Crippen LogP contribution in [0.4, 0.5) is 0 Å². The van der Waals surface area contributed by atoms with Gasteiger partial charge in [0.25, 0.3) is 0 Å². The van der Waals surface area contributed by atoms with E-state index in [4.69, 9.17) is 4.74 Å². The van der Waals surface area contributed by atoms with Crippen molar-refractivity contribution in [2.45, 2.75) is 58.8 Å². The molecular formula is C15H25NO3. The van der Waals surface area contributed by atoms with Crippen molar-refractivity contribution < 1.29 is 14.3 Å². The summed E-state index contributed by atoms with van der Waals surface area (Å²) in [6, 6.07) is 0. The molecule has 0 spiro atoms. The maximum Gasteiger partial charge on any atom is 0.325 e. The zero-order valence-corrected chi connectivity index (χ0v) is 12.1. The number of carbonyl (C=O) groups is 2. The number of esters is 1. The van der Waals surface area contributed by atoms with Crippen molar-refractivity contribution in [2.24, 2.45) is 0 Å². The van der Waals surface area contributed by atoms with Gasteiger partial charge in [0.05, 0.1) is 6.61 Å². The zero-order valence-electron chi connectivity index (χ0n) is 12.1. The van der Waals surface area contributed by atoms with Crippen molar-refractivity contribution in [3.8, 4) is 11.8 Å². The van der Waals surface area contributed by atoms with Crippen LogP contribution in [-0.2, 0) is 14.3 Å². The second-order valence-electron chi connectivity index (χ2n) is 4.28. The number of carbonyl (C=O) groups excluding carboxylic acids is 2. The highest BCUT2D eigenvalue weighted by Crippen LogP contribution is 2.06. The molecule has 0 saturated heterocycles. The molecule has 108 valence electrons. The Labute approximate surface area is 116 Å². The van der Waals surface area contributed by atoms with Gasteiger partial charge in [0.1, 0.15) is 6.54 Å². The normalized spacial score (nSPS) is 9.37. The van der Waals surface area contributed by atoms with E-state index < -0.39 is 0 Å². The quantitative estimate of drug-likeness (QED) is 0.376. The first kappa shape index (κ1) is 17.5. The minimum absolute atomic E-state index is 0.0254. The fourth-order valence-electron chi connectivity index (χ4n) is 1.63. The SMILES string of the molecule is CC#CCCCCCCCC(=O)NCC(=O)OCC. The lowest BCUT2D eigenvalue weighted by Crippen LogP contribution is -2.30. The van der Waals surface area contributed by atoms with E-state index >= 15 is 0 Å². The van der Waals surface area contributed by atoms with Crippen LogP contribution >= 0.6 is 0 Å². The Morgan fingerprint density at radius 1 is 1.11 bits per heavy atom. The molecule has 1 N–H and O–H groups in total. The summed E-state index contributed by atoms with van der Waals surface area (Å²) in [6.45, 7) is 3.92. The van der Waals surface area contributed by atoms with E-state index in [1.54, 1.807) is 6.92 Å². The number of hydrogen-bond acceptors (Lipinski definition) is 3. The molecule has 0 aliphatic heterocycles. The first-order valence-electron chi connectivity index (χ1n) is 7.02. The molecular weight excluding hydrogens is 242 g/mol. The van der Waals surface area contributed by atoms with Gasteiger partial charge in [0, 0.05) is 12.8 Å². The molecule has 0 aliphatic carbocycles. The largest absolute Gasteiger partial charge is 0.465 e. The first-order chi connectivity index (χ1) is 9.20. The molecule has 0 radical (unpaired) electrons. The third-order valence-corrected chi connectivity index (χ3v) is 2.62. The lowest BCUT2D eigenvalue weighted by Gasteiger charge is -2.04. The van der Waals surface area contributed by atoms with Crippen LogP contribution in [0.25, 0.3) is 0 Å². The van der Waals surface area contributed by atoms with Crippen molar-refractivity contribution in [2.75, 3.05) is 13.2 Å². The van der Waals surface area contributed by atoms with Gasteiger partial charge in [-0.15, -0.1) is 11.8 Å². The maximum atomic E-state index is 11.4. The molecule has 0 atom stereocenters. The molecule has 19 heavy (non-hydrogen) atoms. The molecule has 0 rings (SSSR count). The van der Waals surface area contributed by atoms with Gasteiger partial charge in [-0.25, -0.2) is 0 Å². The van der Waals surface area contributed by atoms with Crippen LogP contribution in [0.2, 0.25) is 0 Å². The van der Waals surface area contributed by atoms with E-state index in [1.165, 1.54) is 6.42 Å². The Morgan fingerprint density at radius 3 is 2.47 bits per heavy atom. The van der Waals surface area contributed by atoms with E-state index in [2.05, 4.69) is 17.2 Å². The number of rotatable bonds is 10. The Morgan fingerprint density at radius 2 is 1.79 bits per heavy atom. The second-order valence-corrected chi connectivity index (χ2v) is 4.28. The summed E-state index contributed by atoms with van der Waals surface area (Å²) in [5.41, 5.74) is 0. The van der Waals surface area contributed by atoms with Crippen LogP contribution in [0.5, 0.6) is 0 Å². The highest BCUT2D eigenvalue weighted by molar-refractivity contribution is 5.81. The van der Waals surface area contributed by atoms with Gasteiger partial charge in [-0.2, -0.15) is 0 Å². The Kier molecular flexibility index (Phi) is 11.9. The lowest BCUT2D eigenvalue weighted by molar-refractivity contribution is -0.143. The molecule has 4 nitrogen and oxygen atoms in total. The van der Waals surface area contributed by atoms with Gasteiger partial charge in [-0.3, -0.25) is 9.59 Å². The Hall–Kier alpha value is -1.50. The molecule has 0 fully saturated rings. The monoisotopic (exact) mass is 267 g/mol. The van der Waals surface area contributed by atoms with Gasteiger partial charge < -0.3 is 10.1 Å². The smallest absolute Gasteiger partial charge is 0.325 e. The van der Waals surface area contributed by atoms with Gasteiger partial charge in [-0.05, 0) is 26.7 Å². The minimum Gasteiger partial charge on any atom is -0.465 e. The number of amides is 1. The van der Waals surface area contributed by atoms with Crippen LogP contribution in [0.1, 0.15) is 58.8 Å². The number of hydrogen-bond donors (Lipinski definition) is 1. The Bertz CT molecular complexity index is 315. The molecule has 0 aromatic heterocycles. The van der Waals surface area contributed by atoms with Gasteiger partial charge in [0.15, 0.2) is 0 Å². The van der Waals surface area contributed by atoms with Crippen molar-refractivity contribution in [3.05, 3.63) is 0 Å². The maximum absolute atomic E-state index is 11.4. The van der Waals surface area contributed by atoms with Gasteiger partial charge >= 0.3 is 5.97 Å². The molecule has 0 aromatic rings. The fraction of sp³-hybridized carbons (Fsp3) is 0.733. The van der Waals surface area contributed by atoms with E-state index in [0.717, 1.165) is 32.1 Å². The van der Waals surface area contributed by atoms with E-state index in [-0.39, 0.29) is 18.4 Å². The Balaban J connectivity index is 3.33. The zero-order chi connectivity index (χ0) is 14.3. The summed E-state index contributed by atoms with van der Waals surface area (Å²) >= 11 is 0. The number of nitrogens with one attached hydrogen (secondary N) is 1. The van der Waals surface area contributed by atoms with Crippen molar-refractivity contribution in [3.63, 3.8) is 0 Å². The summed E-state index contributed by atoms with van der Waals surface area (Å²) in [5, 5.41) is 2.55. The fourth-order valence-corrected chi connectivity index (χ4v) is 1.63. The van der Waals surface area contributed by atoms with Crippen molar-refractivity contribution >= 4 is 11.9 Å². The number of unbranched alkanes of at least 4 members (excludes halogenated alkanes) is 5. The molecule has 0 saturated carbocycles. The van der Waals surface area contributed by atoms with Crippen LogP contribution in [-0.4, -0.2) is 25.0 Å². The van der Waals surface area contributed by atoms with Crippen LogP contribution in [0.15, 0.2) is 0 Å². The number of ether oxygens (including phenoxy) is 1. The van der Waals surface area contributed by atoms with Gasteiger partial charge in [0.2, 0.25) is 5.91 Å². The molecule has 1 amide bonds. The molecule has 0 aromatic carbocycles. The van der Waals surface area contributed by atoms with Crippen molar-refractivity contribution in [1.82, 2.24) is 5.32 Å². The van der Waals surface area contributed by atoms with Crippen molar-refractivity contribution in [1.29, 1.82) is 0 Å². The minimum atomic E-state index is -0.382. The summed E-state index contributed by atoms with van der Waals surface area (Å²) in [6.07, 6.45) is 6.80. The highest BCUT2D eigenvalue weighted by Gasteiger charge is 2.05.